The highest BCUT2D eigenvalue weighted by molar-refractivity contribution is 9.10. The second kappa shape index (κ2) is 5.16. The Morgan fingerprint density at radius 2 is 2.29 bits per heavy atom. The molecule has 1 atom stereocenters. The van der Waals surface area contributed by atoms with Crippen LogP contribution in [0.25, 0.3) is 11.5 Å². The standard InChI is InChI=1S/C11H11BrClN3O/c1-6(5-14)10-15-11(17-16-10)7-2-3-9(13)8(12)4-7/h2-4,6H,5,14H2,1H3. The normalized spacial score (nSPS) is 12.7. The lowest BCUT2D eigenvalue weighted by atomic mass is 10.2. The Labute approximate surface area is 112 Å². The Morgan fingerprint density at radius 1 is 1.53 bits per heavy atom. The van der Waals surface area contributed by atoms with Crippen molar-refractivity contribution in [1.82, 2.24) is 10.1 Å². The van der Waals surface area contributed by atoms with Crippen molar-refractivity contribution in [2.75, 3.05) is 6.54 Å². The largest absolute Gasteiger partial charge is 0.334 e. The maximum absolute atomic E-state index is 5.92. The first-order chi connectivity index (χ1) is 8.11. The SMILES string of the molecule is CC(CN)c1noc(-c2ccc(Cl)c(Br)c2)n1. The van der Waals surface area contributed by atoms with Gasteiger partial charge in [0.25, 0.3) is 5.89 Å². The lowest BCUT2D eigenvalue weighted by molar-refractivity contribution is 0.418. The fourth-order valence-corrected chi connectivity index (χ4v) is 1.78. The average molecular weight is 317 g/mol. The van der Waals surface area contributed by atoms with Crippen LogP contribution in [-0.2, 0) is 0 Å². The van der Waals surface area contributed by atoms with Crippen molar-refractivity contribution in [2.24, 2.45) is 5.73 Å². The molecule has 6 heteroatoms. The molecule has 90 valence electrons. The summed E-state index contributed by atoms with van der Waals surface area (Å²) in [6, 6.07) is 5.45. The van der Waals surface area contributed by atoms with Crippen LogP contribution < -0.4 is 5.73 Å². The zero-order valence-electron chi connectivity index (χ0n) is 9.15. The van der Waals surface area contributed by atoms with Gasteiger partial charge in [0, 0.05) is 22.5 Å². The minimum absolute atomic E-state index is 0.0863. The molecular formula is C11H11BrClN3O. The van der Waals surface area contributed by atoms with Gasteiger partial charge in [0.2, 0.25) is 0 Å². The molecule has 1 unspecified atom stereocenters. The van der Waals surface area contributed by atoms with Gasteiger partial charge in [0.05, 0.1) is 5.02 Å². The van der Waals surface area contributed by atoms with E-state index >= 15 is 0 Å². The van der Waals surface area contributed by atoms with Gasteiger partial charge in [-0.2, -0.15) is 4.98 Å². The molecule has 17 heavy (non-hydrogen) atoms. The van der Waals surface area contributed by atoms with E-state index in [0.717, 1.165) is 10.0 Å². The van der Waals surface area contributed by atoms with Crippen molar-refractivity contribution in [2.45, 2.75) is 12.8 Å². The van der Waals surface area contributed by atoms with Crippen molar-refractivity contribution >= 4 is 27.5 Å². The number of aromatic nitrogens is 2. The molecule has 4 nitrogen and oxygen atoms in total. The van der Waals surface area contributed by atoms with E-state index in [4.69, 9.17) is 21.9 Å². The minimum atomic E-state index is 0.0863. The van der Waals surface area contributed by atoms with E-state index in [0.29, 0.717) is 23.3 Å². The third-order valence-electron chi connectivity index (χ3n) is 2.40. The molecule has 0 amide bonds. The van der Waals surface area contributed by atoms with Crippen LogP contribution >= 0.6 is 27.5 Å². The Kier molecular flexibility index (Phi) is 3.81. The van der Waals surface area contributed by atoms with Gasteiger partial charge in [-0.25, -0.2) is 0 Å². The summed E-state index contributed by atoms with van der Waals surface area (Å²) in [6.45, 7) is 2.44. The summed E-state index contributed by atoms with van der Waals surface area (Å²) in [5.74, 6) is 1.18. The molecule has 2 N–H and O–H groups in total. The smallest absolute Gasteiger partial charge is 0.257 e. The molecule has 0 spiro atoms. The quantitative estimate of drug-likeness (QED) is 0.944. The number of rotatable bonds is 3. The molecule has 1 aromatic heterocycles. The number of hydrogen-bond acceptors (Lipinski definition) is 4. The van der Waals surface area contributed by atoms with Gasteiger partial charge >= 0.3 is 0 Å². The van der Waals surface area contributed by atoms with Crippen molar-refractivity contribution < 1.29 is 4.52 Å². The number of benzene rings is 1. The van der Waals surface area contributed by atoms with Crippen molar-refractivity contribution in [1.29, 1.82) is 0 Å². The van der Waals surface area contributed by atoms with E-state index in [1.165, 1.54) is 0 Å². The fourth-order valence-electron chi connectivity index (χ4n) is 1.29. The molecule has 1 aromatic carbocycles. The van der Waals surface area contributed by atoms with Crippen LogP contribution in [0.2, 0.25) is 5.02 Å². The first-order valence-electron chi connectivity index (χ1n) is 5.11. The lowest BCUT2D eigenvalue weighted by Crippen LogP contribution is -2.10. The summed E-state index contributed by atoms with van der Waals surface area (Å²) >= 11 is 9.27. The van der Waals surface area contributed by atoms with Gasteiger partial charge in [0.1, 0.15) is 0 Å². The number of nitrogens with zero attached hydrogens (tertiary/aromatic N) is 2. The topological polar surface area (TPSA) is 64.9 Å². The molecule has 0 saturated heterocycles. The van der Waals surface area contributed by atoms with Crippen molar-refractivity contribution in [3.05, 3.63) is 33.5 Å². The maximum atomic E-state index is 5.92. The Bertz CT molecular complexity index is 529. The van der Waals surface area contributed by atoms with Crippen molar-refractivity contribution in [3.8, 4) is 11.5 Å². The van der Waals surface area contributed by atoms with E-state index in [-0.39, 0.29) is 5.92 Å². The molecule has 0 aliphatic rings. The molecule has 0 aliphatic carbocycles. The summed E-state index contributed by atoms with van der Waals surface area (Å²) in [5.41, 5.74) is 6.37. The van der Waals surface area contributed by atoms with Crippen LogP contribution in [0.15, 0.2) is 27.2 Å². The average Bonchev–Trinajstić information content (AvgIpc) is 2.81. The monoisotopic (exact) mass is 315 g/mol. The summed E-state index contributed by atoms with van der Waals surface area (Å²) in [6.07, 6.45) is 0. The highest BCUT2D eigenvalue weighted by atomic mass is 79.9. The highest BCUT2D eigenvalue weighted by Gasteiger charge is 2.14. The van der Waals surface area contributed by atoms with Crippen LogP contribution in [0.3, 0.4) is 0 Å². The molecule has 0 radical (unpaired) electrons. The molecule has 0 fully saturated rings. The maximum Gasteiger partial charge on any atom is 0.257 e. The number of hydrogen-bond donors (Lipinski definition) is 1. The molecule has 0 bridgehead atoms. The molecule has 0 saturated carbocycles. The second-order valence-corrected chi connectivity index (χ2v) is 4.98. The lowest BCUT2D eigenvalue weighted by Gasteiger charge is -1.99. The molecule has 1 heterocycles. The first-order valence-corrected chi connectivity index (χ1v) is 6.28. The Hall–Kier alpha value is -0.910. The van der Waals surface area contributed by atoms with Gasteiger partial charge < -0.3 is 10.3 Å². The van der Waals surface area contributed by atoms with E-state index < -0.39 is 0 Å². The first kappa shape index (κ1) is 12.5. The van der Waals surface area contributed by atoms with Gasteiger partial charge in [-0.1, -0.05) is 23.7 Å². The van der Waals surface area contributed by atoms with Crippen molar-refractivity contribution in [3.63, 3.8) is 0 Å². The molecule has 2 rings (SSSR count). The highest BCUT2D eigenvalue weighted by Crippen LogP contribution is 2.28. The van der Waals surface area contributed by atoms with Crippen LogP contribution in [0.1, 0.15) is 18.7 Å². The molecular weight excluding hydrogens is 305 g/mol. The summed E-state index contributed by atoms with van der Waals surface area (Å²) in [5, 5.41) is 4.54. The second-order valence-electron chi connectivity index (χ2n) is 3.72. The van der Waals surface area contributed by atoms with Crippen LogP contribution in [-0.4, -0.2) is 16.7 Å². The summed E-state index contributed by atoms with van der Waals surface area (Å²) in [7, 11) is 0. The van der Waals surface area contributed by atoms with Gasteiger partial charge in [0.15, 0.2) is 5.82 Å². The predicted molar refractivity (Wildman–Crippen MR) is 69.9 cm³/mol. The molecule has 2 aromatic rings. The van der Waals surface area contributed by atoms with E-state index in [1.807, 2.05) is 19.1 Å². The number of nitrogens with two attached hydrogens (primary N) is 1. The van der Waals surface area contributed by atoms with E-state index in [1.54, 1.807) is 6.07 Å². The van der Waals surface area contributed by atoms with Crippen LogP contribution in [0.5, 0.6) is 0 Å². The minimum Gasteiger partial charge on any atom is -0.334 e. The third-order valence-corrected chi connectivity index (χ3v) is 3.62. The fraction of sp³-hybridized carbons (Fsp3) is 0.273. The Morgan fingerprint density at radius 3 is 2.94 bits per heavy atom. The van der Waals surface area contributed by atoms with E-state index in [2.05, 4.69) is 26.1 Å². The predicted octanol–water partition coefficient (Wildman–Crippen LogP) is 3.21. The van der Waals surface area contributed by atoms with Gasteiger partial charge in [-0.05, 0) is 34.1 Å². The third kappa shape index (κ3) is 2.68. The summed E-state index contributed by atoms with van der Waals surface area (Å²) < 4.78 is 5.98. The molecule has 0 aliphatic heterocycles. The zero-order valence-corrected chi connectivity index (χ0v) is 11.5. The number of halogens is 2. The zero-order chi connectivity index (χ0) is 12.4. The van der Waals surface area contributed by atoms with Crippen LogP contribution in [0, 0.1) is 0 Å². The Balaban J connectivity index is 2.33. The van der Waals surface area contributed by atoms with Crippen LogP contribution in [0.4, 0.5) is 0 Å². The summed E-state index contributed by atoms with van der Waals surface area (Å²) in [4.78, 5) is 4.30. The van der Waals surface area contributed by atoms with Gasteiger partial charge in [-0.15, -0.1) is 0 Å². The van der Waals surface area contributed by atoms with Gasteiger partial charge in [-0.3, -0.25) is 0 Å². The van der Waals surface area contributed by atoms with E-state index in [9.17, 15) is 0 Å².